The number of nitrogens with zero attached hydrogens (tertiary/aromatic N) is 4. The third-order valence-corrected chi connectivity index (χ3v) is 2.44. The molecule has 1 heterocycles. The topological polar surface area (TPSA) is 117 Å². The predicted octanol–water partition coefficient (Wildman–Crippen LogP) is 0.775. The highest BCUT2D eigenvalue weighted by atomic mass is 16.6. The van der Waals surface area contributed by atoms with E-state index in [1.165, 1.54) is 19.2 Å². The lowest BCUT2D eigenvalue weighted by Gasteiger charge is -2.02. The van der Waals surface area contributed by atoms with Crippen LogP contribution in [0.1, 0.15) is 21.0 Å². The van der Waals surface area contributed by atoms with E-state index in [0.29, 0.717) is 6.29 Å². The van der Waals surface area contributed by atoms with Crippen molar-refractivity contribution in [3.05, 3.63) is 46.0 Å². The standard InChI is InChI=1S/C11H8N4O5/c1-20-11(17)10-12-6-14(13-10)8-3-2-7(5-16)4-9(8)15(18)19/h2-6H,1H3. The second kappa shape index (κ2) is 5.26. The number of methoxy groups -OCH3 is 1. The van der Waals surface area contributed by atoms with Crippen molar-refractivity contribution < 1.29 is 19.2 Å². The summed E-state index contributed by atoms with van der Waals surface area (Å²) < 4.78 is 5.51. The molecule has 0 saturated heterocycles. The number of esters is 1. The summed E-state index contributed by atoms with van der Waals surface area (Å²) in [6.07, 6.45) is 1.65. The van der Waals surface area contributed by atoms with Crippen molar-refractivity contribution in [3.63, 3.8) is 0 Å². The van der Waals surface area contributed by atoms with Crippen LogP contribution in [-0.2, 0) is 4.74 Å². The first kappa shape index (κ1) is 13.3. The summed E-state index contributed by atoms with van der Waals surface area (Å²) in [7, 11) is 1.17. The van der Waals surface area contributed by atoms with Gasteiger partial charge in [-0.05, 0) is 12.1 Å². The Morgan fingerprint density at radius 3 is 2.85 bits per heavy atom. The van der Waals surface area contributed by atoms with Gasteiger partial charge in [-0.1, -0.05) is 0 Å². The maximum absolute atomic E-state index is 11.2. The zero-order valence-corrected chi connectivity index (χ0v) is 10.2. The van der Waals surface area contributed by atoms with Crippen LogP contribution in [0.25, 0.3) is 5.69 Å². The molecule has 9 heteroatoms. The summed E-state index contributed by atoms with van der Waals surface area (Å²) in [5, 5.41) is 14.8. The number of carbonyl (C=O) groups excluding carboxylic acids is 2. The van der Waals surface area contributed by atoms with Crippen molar-refractivity contribution in [1.29, 1.82) is 0 Å². The number of aromatic nitrogens is 3. The molecule has 102 valence electrons. The minimum absolute atomic E-state index is 0.0863. The molecule has 2 aromatic rings. The van der Waals surface area contributed by atoms with Crippen LogP contribution in [0.15, 0.2) is 24.5 Å². The number of benzene rings is 1. The molecule has 0 atom stereocenters. The number of rotatable bonds is 4. The van der Waals surface area contributed by atoms with E-state index in [4.69, 9.17) is 0 Å². The number of aldehydes is 1. The van der Waals surface area contributed by atoms with Crippen LogP contribution >= 0.6 is 0 Å². The lowest BCUT2D eigenvalue weighted by Crippen LogP contribution is -2.06. The van der Waals surface area contributed by atoms with E-state index >= 15 is 0 Å². The molecule has 0 N–H and O–H groups in total. The molecule has 9 nitrogen and oxygen atoms in total. The molecule has 2 rings (SSSR count). The van der Waals surface area contributed by atoms with Crippen LogP contribution in [-0.4, -0.2) is 39.1 Å². The van der Waals surface area contributed by atoms with E-state index < -0.39 is 10.9 Å². The van der Waals surface area contributed by atoms with E-state index in [-0.39, 0.29) is 22.8 Å². The molecule has 0 bridgehead atoms. The number of nitro groups is 1. The molecule has 20 heavy (non-hydrogen) atoms. The fourth-order valence-electron chi connectivity index (χ4n) is 1.52. The molecule has 0 radical (unpaired) electrons. The van der Waals surface area contributed by atoms with Gasteiger partial charge in [0.15, 0.2) is 0 Å². The maximum Gasteiger partial charge on any atom is 0.377 e. The van der Waals surface area contributed by atoms with Crippen molar-refractivity contribution in [2.45, 2.75) is 0 Å². The minimum Gasteiger partial charge on any atom is -0.463 e. The SMILES string of the molecule is COC(=O)c1ncn(-c2ccc(C=O)cc2[N+](=O)[O-])n1. The number of ether oxygens (including phenoxy) is 1. The first-order valence-electron chi connectivity index (χ1n) is 5.30. The minimum atomic E-state index is -0.754. The molecule has 1 aromatic heterocycles. The first-order chi connectivity index (χ1) is 9.56. The smallest absolute Gasteiger partial charge is 0.377 e. The van der Waals surface area contributed by atoms with Crippen LogP contribution in [0.5, 0.6) is 0 Å². The largest absolute Gasteiger partial charge is 0.463 e. The second-order valence-electron chi connectivity index (χ2n) is 3.63. The van der Waals surface area contributed by atoms with Gasteiger partial charge in [-0.15, -0.1) is 5.10 Å². The highest BCUT2D eigenvalue weighted by molar-refractivity contribution is 5.84. The van der Waals surface area contributed by atoms with E-state index in [1.54, 1.807) is 0 Å². The molecule has 0 aliphatic heterocycles. The molecule has 0 spiro atoms. The molecule has 0 unspecified atom stereocenters. The zero-order chi connectivity index (χ0) is 14.7. The van der Waals surface area contributed by atoms with Crippen LogP contribution in [0, 0.1) is 10.1 Å². The number of nitro benzene ring substituents is 1. The molecular weight excluding hydrogens is 268 g/mol. The number of hydrogen-bond donors (Lipinski definition) is 0. The van der Waals surface area contributed by atoms with Gasteiger partial charge in [-0.2, -0.15) is 0 Å². The Hall–Kier alpha value is -3.10. The van der Waals surface area contributed by atoms with Crippen LogP contribution in [0.4, 0.5) is 5.69 Å². The molecule has 0 fully saturated rings. The van der Waals surface area contributed by atoms with Crippen molar-refractivity contribution in [2.75, 3.05) is 7.11 Å². The Morgan fingerprint density at radius 2 is 2.25 bits per heavy atom. The van der Waals surface area contributed by atoms with Gasteiger partial charge in [-0.3, -0.25) is 14.9 Å². The lowest BCUT2D eigenvalue weighted by molar-refractivity contribution is -0.384. The summed E-state index contributed by atoms with van der Waals surface area (Å²) in [5.74, 6) is -0.975. The van der Waals surface area contributed by atoms with Gasteiger partial charge in [0.2, 0.25) is 0 Å². The van der Waals surface area contributed by atoms with Gasteiger partial charge in [0.25, 0.3) is 11.5 Å². The van der Waals surface area contributed by atoms with Gasteiger partial charge < -0.3 is 4.74 Å². The summed E-state index contributed by atoms with van der Waals surface area (Å²) in [6.45, 7) is 0. The molecule has 0 saturated carbocycles. The highest BCUT2D eigenvalue weighted by Gasteiger charge is 2.19. The number of hydrogen-bond acceptors (Lipinski definition) is 7. The van der Waals surface area contributed by atoms with Gasteiger partial charge in [0, 0.05) is 11.6 Å². The fraction of sp³-hybridized carbons (Fsp3) is 0.0909. The van der Waals surface area contributed by atoms with E-state index in [0.717, 1.165) is 17.1 Å². The molecular formula is C11H8N4O5. The van der Waals surface area contributed by atoms with Gasteiger partial charge in [0.05, 0.1) is 12.0 Å². The lowest BCUT2D eigenvalue weighted by atomic mass is 10.2. The highest BCUT2D eigenvalue weighted by Crippen LogP contribution is 2.23. The van der Waals surface area contributed by atoms with Crippen LogP contribution in [0.2, 0.25) is 0 Å². The van der Waals surface area contributed by atoms with Crippen LogP contribution < -0.4 is 0 Å². The zero-order valence-electron chi connectivity index (χ0n) is 10.2. The maximum atomic E-state index is 11.2. The Balaban J connectivity index is 2.52. The fourth-order valence-corrected chi connectivity index (χ4v) is 1.52. The summed E-state index contributed by atoms with van der Waals surface area (Å²) in [6, 6.07) is 3.86. The second-order valence-corrected chi connectivity index (χ2v) is 3.63. The van der Waals surface area contributed by atoms with Crippen molar-refractivity contribution in [2.24, 2.45) is 0 Å². The average Bonchev–Trinajstić information content (AvgIpc) is 2.95. The van der Waals surface area contributed by atoms with Gasteiger partial charge >= 0.3 is 5.97 Å². The van der Waals surface area contributed by atoms with Crippen molar-refractivity contribution in [3.8, 4) is 5.69 Å². The first-order valence-corrected chi connectivity index (χ1v) is 5.30. The molecule has 0 aliphatic carbocycles. The Bertz CT molecular complexity index is 694. The van der Waals surface area contributed by atoms with E-state index in [2.05, 4.69) is 14.8 Å². The van der Waals surface area contributed by atoms with E-state index in [9.17, 15) is 19.7 Å². The molecule has 0 aliphatic rings. The van der Waals surface area contributed by atoms with Gasteiger partial charge in [0.1, 0.15) is 18.3 Å². The third kappa shape index (κ3) is 2.36. The van der Waals surface area contributed by atoms with Gasteiger partial charge in [-0.25, -0.2) is 14.5 Å². The summed E-state index contributed by atoms with van der Waals surface area (Å²) in [5.41, 5.74) is -0.0760. The molecule has 0 amide bonds. The normalized spacial score (nSPS) is 10.1. The number of carbonyl (C=O) groups is 2. The van der Waals surface area contributed by atoms with Crippen molar-refractivity contribution >= 4 is 17.9 Å². The summed E-state index contributed by atoms with van der Waals surface area (Å²) >= 11 is 0. The van der Waals surface area contributed by atoms with E-state index in [1.807, 2.05) is 0 Å². The summed E-state index contributed by atoms with van der Waals surface area (Å²) in [4.78, 5) is 35.9. The Kier molecular flexibility index (Phi) is 3.51. The Morgan fingerprint density at radius 1 is 1.50 bits per heavy atom. The quantitative estimate of drug-likeness (QED) is 0.350. The monoisotopic (exact) mass is 276 g/mol. The third-order valence-electron chi connectivity index (χ3n) is 2.44. The average molecular weight is 276 g/mol. The Labute approximate surface area is 111 Å². The van der Waals surface area contributed by atoms with Crippen LogP contribution in [0.3, 0.4) is 0 Å². The predicted molar refractivity (Wildman–Crippen MR) is 64.7 cm³/mol. The molecule has 1 aromatic carbocycles. The van der Waals surface area contributed by atoms with Crippen molar-refractivity contribution in [1.82, 2.24) is 14.8 Å².